The van der Waals surface area contributed by atoms with Crippen molar-refractivity contribution in [3.05, 3.63) is 52.5 Å². The Morgan fingerprint density at radius 2 is 1.96 bits per heavy atom. The fourth-order valence-electron chi connectivity index (χ4n) is 2.16. The molecular formula is C17H20BrN3O2. The van der Waals surface area contributed by atoms with Crippen LogP contribution in [0, 0.1) is 0 Å². The lowest BCUT2D eigenvalue weighted by Crippen LogP contribution is -2.23. The van der Waals surface area contributed by atoms with E-state index < -0.39 is 0 Å². The maximum Gasteiger partial charge on any atom is 0.193 e. The number of guanidine groups is 1. The highest BCUT2D eigenvalue weighted by Gasteiger charge is 2.06. The largest absolute Gasteiger partial charge is 0.497 e. The van der Waals surface area contributed by atoms with Crippen molar-refractivity contribution in [2.45, 2.75) is 6.42 Å². The van der Waals surface area contributed by atoms with E-state index >= 15 is 0 Å². The third-order valence-electron chi connectivity index (χ3n) is 3.26. The maximum absolute atomic E-state index is 5.92. The van der Waals surface area contributed by atoms with Gasteiger partial charge in [0.2, 0.25) is 0 Å². The molecular weight excluding hydrogens is 358 g/mol. The molecule has 23 heavy (non-hydrogen) atoms. The predicted octanol–water partition coefficient (Wildman–Crippen LogP) is 3.44. The van der Waals surface area contributed by atoms with E-state index in [2.05, 4.69) is 26.2 Å². The van der Waals surface area contributed by atoms with E-state index in [1.165, 1.54) is 0 Å². The summed E-state index contributed by atoms with van der Waals surface area (Å²) in [5, 5.41) is 3.05. The molecule has 0 spiro atoms. The minimum absolute atomic E-state index is 0.368. The van der Waals surface area contributed by atoms with Crippen LogP contribution in [0.4, 0.5) is 5.69 Å². The molecule has 2 aromatic rings. The van der Waals surface area contributed by atoms with Gasteiger partial charge < -0.3 is 20.5 Å². The van der Waals surface area contributed by atoms with Crippen molar-refractivity contribution >= 4 is 27.6 Å². The average Bonchev–Trinajstić information content (AvgIpc) is 2.55. The molecule has 0 aromatic heterocycles. The quantitative estimate of drug-likeness (QED) is 0.597. The molecule has 0 bridgehead atoms. The summed E-state index contributed by atoms with van der Waals surface area (Å²) in [6, 6.07) is 13.5. The first-order chi connectivity index (χ1) is 11.1. The van der Waals surface area contributed by atoms with Gasteiger partial charge in [-0.15, -0.1) is 0 Å². The molecule has 0 radical (unpaired) electrons. The third-order valence-corrected chi connectivity index (χ3v) is 3.88. The molecule has 0 fully saturated rings. The summed E-state index contributed by atoms with van der Waals surface area (Å²) < 4.78 is 11.5. The van der Waals surface area contributed by atoms with Gasteiger partial charge in [0.05, 0.1) is 18.7 Å². The van der Waals surface area contributed by atoms with Crippen molar-refractivity contribution in [3.8, 4) is 11.5 Å². The van der Waals surface area contributed by atoms with Gasteiger partial charge in [-0.1, -0.05) is 18.2 Å². The van der Waals surface area contributed by atoms with E-state index in [0.717, 1.165) is 33.6 Å². The zero-order chi connectivity index (χ0) is 16.7. The van der Waals surface area contributed by atoms with Crippen LogP contribution >= 0.6 is 15.9 Å². The first-order valence-electron chi connectivity index (χ1n) is 7.16. The average molecular weight is 378 g/mol. The number of benzene rings is 2. The van der Waals surface area contributed by atoms with Crippen LogP contribution in [0.3, 0.4) is 0 Å². The van der Waals surface area contributed by atoms with Gasteiger partial charge in [-0.3, -0.25) is 4.99 Å². The van der Waals surface area contributed by atoms with Gasteiger partial charge in [-0.25, -0.2) is 0 Å². The lowest BCUT2D eigenvalue weighted by atomic mass is 10.1. The van der Waals surface area contributed by atoms with Gasteiger partial charge in [0.25, 0.3) is 0 Å². The van der Waals surface area contributed by atoms with Crippen molar-refractivity contribution in [2.24, 2.45) is 10.7 Å². The Balaban J connectivity index is 1.96. The Kier molecular flexibility index (Phi) is 6.29. The number of ether oxygens (including phenoxy) is 2. The van der Waals surface area contributed by atoms with Gasteiger partial charge >= 0.3 is 0 Å². The van der Waals surface area contributed by atoms with Crippen LogP contribution in [0.15, 0.2) is 51.9 Å². The molecule has 0 aliphatic rings. The van der Waals surface area contributed by atoms with Gasteiger partial charge in [0, 0.05) is 18.3 Å². The Labute approximate surface area is 144 Å². The number of halogens is 1. The zero-order valence-electron chi connectivity index (χ0n) is 13.2. The Morgan fingerprint density at radius 1 is 1.17 bits per heavy atom. The molecule has 0 amide bonds. The summed E-state index contributed by atoms with van der Waals surface area (Å²) in [4.78, 5) is 4.35. The van der Waals surface area contributed by atoms with Crippen molar-refractivity contribution < 1.29 is 9.47 Å². The molecule has 0 atom stereocenters. The highest BCUT2D eigenvalue weighted by molar-refractivity contribution is 9.10. The summed E-state index contributed by atoms with van der Waals surface area (Å²) in [6.45, 7) is 0.565. The van der Waals surface area contributed by atoms with E-state index in [9.17, 15) is 0 Å². The normalized spacial score (nSPS) is 11.2. The summed E-state index contributed by atoms with van der Waals surface area (Å²) in [7, 11) is 3.29. The molecule has 0 aliphatic carbocycles. The van der Waals surface area contributed by atoms with E-state index in [1.807, 2.05) is 42.5 Å². The lowest BCUT2D eigenvalue weighted by molar-refractivity contribution is 0.407. The van der Waals surface area contributed by atoms with Crippen LogP contribution in [0.1, 0.15) is 5.56 Å². The van der Waals surface area contributed by atoms with Gasteiger partial charge in [0.15, 0.2) is 5.96 Å². The van der Waals surface area contributed by atoms with Gasteiger partial charge in [0.1, 0.15) is 11.5 Å². The summed E-state index contributed by atoms with van der Waals surface area (Å²) in [5.74, 6) is 1.97. The molecule has 0 aliphatic heterocycles. The summed E-state index contributed by atoms with van der Waals surface area (Å²) in [5.41, 5.74) is 7.84. The minimum atomic E-state index is 0.368. The summed E-state index contributed by atoms with van der Waals surface area (Å²) >= 11 is 3.48. The SMILES string of the molecule is COc1cccc(NC(N)=NCCc2cccc(Br)c2OC)c1. The summed E-state index contributed by atoms with van der Waals surface area (Å²) in [6.07, 6.45) is 0.739. The third kappa shape index (κ3) is 4.89. The highest BCUT2D eigenvalue weighted by Crippen LogP contribution is 2.28. The molecule has 0 saturated heterocycles. The van der Waals surface area contributed by atoms with Gasteiger partial charge in [-0.2, -0.15) is 0 Å². The van der Waals surface area contributed by atoms with Crippen molar-refractivity contribution in [1.82, 2.24) is 0 Å². The van der Waals surface area contributed by atoms with E-state index in [0.29, 0.717) is 12.5 Å². The lowest BCUT2D eigenvalue weighted by Gasteiger charge is -2.10. The molecule has 2 rings (SSSR count). The van der Waals surface area contributed by atoms with Crippen LogP contribution in [0.2, 0.25) is 0 Å². The number of nitrogens with zero attached hydrogens (tertiary/aromatic N) is 1. The van der Waals surface area contributed by atoms with E-state index in [4.69, 9.17) is 15.2 Å². The standard InChI is InChI=1S/C17H20BrN3O2/c1-22-14-7-4-6-13(11-14)21-17(19)20-10-9-12-5-3-8-15(18)16(12)23-2/h3-8,11H,9-10H2,1-2H3,(H3,19,20,21). The fraction of sp³-hybridized carbons (Fsp3) is 0.235. The Morgan fingerprint density at radius 3 is 2.70 bits per heavy atom. The fourth-order valence-corrected chi connectivity index (χ4v) is 2.73. The molecule has 3 N–H and O–H groups in total. The van der Waals surface area contributed by atoms with Crippen molar-refractivity contribution in [3.63, 3.8) is 0 Å². The zero-order valence-corrected chi connectivity index (χ0v) is 14.8. The number of hydrogen-bond acceptors (Lipinski definition) is 3. The van der Waals surface area contributed by atoms with E-state index in [-0.39, 0.29) is 0 Å². The molecule has 0 saturated carbocycles. The smallest absolute Gasteiger partial charge is 0.193 e. The van der Waals surface area contributed by atoms with Crippen molar-refractivity contribution in [2.75, 3.05) is 26.1 Å². The number of aliphatic imine (C=N–C) groups is 1. The van der Waals surface area contributed by atoms with Crippen molar-refractivity contribution in [1.29, 1.82) is 0 Å². The number of nitrogens with two attached hydrogens (primary N) is 1. The minimum Gasteiger partial charge on any atom is -0.497 e. The molecule has 2 aromatic carbocycles. The molecule has 0 heterocycles. The topological polar surface area (TPSA) is 68.9 Å². The number of rotatable bonds is 6. The highest BCUT2D eigenvalue weighted by atomic mass is 79.9. The van der Waals surface area contributed by atoms with E-state index in [1.54, 1.807) is 14.2 Å². The molecule has 5 nitrogen and oxygen atoms in total. The number of para-hydroxylation sites is 1. The second kappa shape index (κ2) is 8.43. The first-order valence-corrected chi connectivity index (χ1v) is 7.95. The molecule has 122 valence electrons. The van der Waals surface area contributed by atoms with Crippen LogP contribution in [0.5, 0.6) is 11.5 Å². The number of nitrogens with one attached hydrogen (secondary N) is 1. The predicted molar refractivity (Wildman–Crippen MR) is 97.5 cm³/mol. The van der Waals surface area contributed by atoms with Crippen LogP contribution < -0.4 is 20.5 Å². The number of anilines is 1. The van der Waals surface area contributed by atoms with Crippen LogP contribution in [0.25, 0.3) is 0 Å². The molecule has 0 unspecified atom stereocenters. The molecule has 6 heteroatoms. The second-order valence-electron chi connectivity index (χ2n) is 4.81. The first kappa shape index (κ1) is 17.1. The maximum atomic E-state index is 5.92. The number of methoxy groups -OCH3 is 2. The van der Waals surface area contributed by atoms with Gasteiger partial charge in [-0.05, 0) is 46.1 Å². The monoisotopic (exact) mass is 377 g/mol. The second-order valence-corrected chi connectivity index (χ2v) is 5.66. The Bertz CT molecular complexity index is 689. The van der Waals surface area contributed by atoms with Crippen LogP contribution in [-0.4, -0.2) is 26.7 Å². The Hall–Kier alpha value is -2.21. The number of hydrogen-bond donors (Lipinski definition) is 2. The van der Waals surface area contributed by atoms with Crippen LogP contribution in [-0.2, 0) is 6.42 Å².